The van der Waals surface area contributed by atoms with Crippen LogP contribution in [0.3, 0.4) is 0 Å². The van der Waals surface area contributed by atoms with Crippen molar-refractivity contribution in [2.45, 2.75) is 90.7 Å². The molecule has 0 saturated heterocycles. The van der Waals surface area contributed by atoms with Crippen LogP contribution in [0.25, 0.3) is 0 Å². The van der Waals surface area contributed by atoms with Gasteiger partial charge in [0.1, 0.15) is 17.9 Å². The molecule has 2 rings (SSSR count). The van der Waals surface area contributed by atoms with E-state index in [9.17, 15) is 24.3 Å². The highest BCUT2D eigenvalue weighted by atomic mass is 16.7. The number of hydrogen-bond donors (Lipinski definition) is 2. The van der Waals surface area contributed by atoms with Gasteiger partial charge in [-0.2, -0.15) is 0 Å². The number of hydrogen-bond acceptors (Lipinski definition) is 9. The molecule has 10 heteroatoms. The van der Waals surface area contributed by atoms with Gasteiger partial charge in [0.15, 0.2) is 11.5 Å². The fraction of sp³-hybridized carbons (Fsp3) is 0.484. The number of unbranched alkanes of at least 4 members (excludes halogenated alkanes) is 4. The quantitative estimate of drug-likeness (QED) is 0.0970. The van der Waals surface area contributed by atoms with Crippen molar-refractivity contribution >= 4 is 24.1 Å². The highest BCUT2D eigenvalue weighted by Gasteiger charge is 2.22. The minimum Gasteiger partial charge on any atom is -0.480 e. The van der Waals surface area contributed by atoms with Crippen LogP contribution in [0.4, 0.5) is 4.79 Å². The lowest BCUT2D eigenvalue weighted by molar-refractivity contribution is -0.139. The summed E-state index contributed by atoms with van der Waals surface area (Å²) in [6.45, 7) is 5.72. The van der Waals surface area contributed by atoms with Gasteiger partial charge < -0.3 is 29.4 Å². The van der Waals surface area contributed by atoms with E-state index in [0.29, 0.717) is 24.2 Å². The first-order chi connectivity index (χ1) is 19.7. The van der Waals surface area contributed by atoms with Crippen LogP contribution in [0.2, 0.25) is 0 Å². The van der Waals surface area contributed by atoms with Crippen LogP contribution in [0.1, 0.15) is 77.7 Å². The summed E-state index contributed by atoms with van der Waals surface area (Å²) in [6.07, 6.45) is 3.96. The Balaban J connectivity index is 2.05. The van der Waals surface area contributed by atoms with E-state index in [1.807, 2.05) is 13.8 Å². The van der Waals surface area contributed by atoms with E-state index in [1.54, 1.807) is 43.3 Å². The maximum absolute atomic E-state index is 12.4. The second-order valence-corrected chi connectivity index (χ2v) is 9.74. The molecule has 0 aromatic heterocycles. The highest BCUT2D eigenvalue weighted by molar-refractivity contribution is 5.77. The fourth-order valence-corrected chi connectivity index (χ4v) is 3.84. The molecule has 2 aromatic rings. The van der Waals surface area contributed by atoms with Gasteiger partial charge in [-0.1, -0.05) is 63.8 Å². The van der Waals surface area contributed by atoms with Crippen molar-refractivity contribution in [2.24, 2.45) is 0 Å². The van der Waals surface area contributed by atoms with Crippen molar-refractivity contribution < 1.29 is 43.2 Å². The van der Waals surface area contributed by atoms with Gasteiger partial charge >= 0.3 is 24.1 Å². The summed E-state index contributed by atoms with van der Waals surface area (Å²) in [7, 11) is 0. The van der Waals surface area contributed by atoms with Crippen molar-refractivity contribution in [2.75, 3.05) is 6.54 Å². The summed E-state index contributed by atoms with van der Waals surface area (Å²) in [5.41, 5.74) is 0.545. The summed E-state index contributed by atoms with van der Waals surface area (Å²) >= 11 is 0. The van der Waals surface area contributed by atoms with Crippen molar-refractivity contribution in [3.05, 3.63) is 54.1 Å². The third-order valence-electron chi connectivity index (χ3n) is 6.06. The van der Waals surface area contributed by atoms with Gasteiger partial charge in [0.05, 0.1) is 0 Å². The number of benzene rings is 2. The molecule has 224 valence electrons. The molecule has 2 N–H and O–H groups in total. The molecule has 0 heterocycles. The zero-order valence-electron chi connectivity index (χ0n) is 24.1. The first kappa shape index (κ1) is 33.3. The second-order valence-electron chi connectivity index (χ2n) is 9.74. The zero-order valence-corrected chi connectivity index (χ0v) is 24.1. The summed E-state index contributed by atoms with van der Waals surface area (Å²) in [4.78, 5) is 48.8. The number of ether oxygens (including phenoxy) is 4. The number of para-hydroxylation sites is 1. The minimum atomic E-state index is -1.12. The summed E-state index contributed by atoms with van der Waals surface area (Å²) < 4.78 is 21.3. The number of carbonyl (C=O) groups excluding carboxylic acids is 3. The molecular formula is C31H41NO9. The van der Waals surface area contributed by atoms with Crippen molar-refractivity contribution in [3.63, 3.8) is 0 Å². The third kappa shape index (κ3) is 13.3. The Kier molecular flexibility index (Phi) is 15.0. The molecule has 0 radical (unpaired) electrons. The van der Waals surface area contributed by atoms with E-state index < -0.39 is 36.2 Å². The van der Waals surface area contributed by atoms with Gasteiger partial charge in [0.25, 0.3) is 0 Å². The number of carboxylic acids is 1. The third-order valence-corrected chi connectivity index (χ3v) is 6.06. The molecule has 10 nitrogen and oxygen atoms in total. The van der Waals surface area contributed by atoms with E-state index in [1.165, 1.54) is 12.1 Å². The maximum atomic E-state index is 12.4. The normalized spacial score (nSPS) is 12.2. The zero-order chi connectivity index (χ0) is 30.0. The standard InChI is InChI=1S/C31H41NO9/c1-4-6-9-15-28(33)40-26-18-17-23(20-27(26)41-29(34)16-10-7-5-2)19-25(30(35)36)32-21-22(3)38-31(37)39-24-13-11-8-12-14-24/h8,11-14,17-18,20,22,25,32H,4-7,9-10,15-16,19,21H2,1-3H3,(H,35,36)/t22?,25-/m0/s1. The van der Waals surface area contributed by atoms with Crippen LogP contribution in [-0.4, -0.2) is 47.9 Å². The Morgan fingerprint density at radius 2 is 1.41 bits per heavy atom. The molecular weight excluding hydrogens is 530 g/mol. The lowest BCUT2D eigenvalue weighted by atomic mass is 10.0. The topological polar surface area (TPSA) is 137 Å². The molecule has 2 atom stereocenters. The Morgan fingerprint density at radius 3 is 2.00 bits per heavy atom. The largest absolute Gasteiger partial charge is 0.514 e. The lowest BCUT2D eigenvalue weighted by Gasteiger charge is -2.19. The number of carboxylic acid groups (broad SMARTS) is 1. The molecule has 0 bridgehead atoms. The molecule has 41 heavy (non-hydrogen) atoms. The molecule has 2 aromatic carbocycles. The highest BCUT2D eigenvalue weighted by Crippen LogP contribution is 2.30. The van der Waals surface area contributed by atoms with Gasteiger partial charge in [-0.15, -0.1) is 0 Å². The Morgan fingerprint density at radius 1 is 0.805 bits per heavy atom. The van der Waals surface area contributed by atoms with Gasteiger partial charge in [-0.3, -0.25) is 14.4 Å². The van der Waals surface area contributed by atoms with Crippen molar-refractivity contribution in [1.82, 2.24) is 5.32 Å². The smallest absolute Gasteiger partial charge is 0.480 e. The van der Waals surface area contributed by atoms with Crippen LogP contribution < -0.4 is 19.5 Å². The van der Waals surface area contributed by atoms with Crippen LogP contribution in [0, 0.1) is 0 Å². The predicted octanol–water partition coefficient (Wildman–Crippen LogP) is 5.85. The fourth-order valence-electron chi connectivity index (χ4n) is 3.84. The number of nitrogens with one attached hydrogen (secondary N) is 1. The Bertz CT molecular complexity index is 1120. The monoisotopic (exact) mass is 571 g/mol. The van der Waals surface area contributed by atoms with Gasteiger partial charge in [-0.25, -0.2) is 4.79 Å². The van der Waals surface area contributed by atoms with E-state index in [-0.39, 0.29) is 37.3 Å². The summed E-state index contributed by atoms with van der Waals surface area (Å²) in [5, 5.41) is 12.7. The average molecular weight is 572 g/mol. The molecule has 0 fully saturated rings. The first-order valence-electron chi connectivity index (χ1n) is 14.2. The van der Waals surface area contributed by atoms with Crippen LogP contribution in [0.15, 0.2) is 48.5 Å². The first-order valence-corrected chi connectivity index (χ1v) is 14.2. The van der Waals surface area contributed by atoms with E-state index in [2.05, 4.69) is 5.32 Å². The van der Waals surface area contributed by atoms with Crippen LogP contribution >= 0.6 is 0 Å². The SMILES string of the molecule is CCCCCC(=O)Oc1ccc(C[C@H](NCC(C)OC(=O)Oc2ccccc2)C(=O)O)cc1OC(=O)CCCCC. The van der Waals surface area contributed by atoms with Crippen molar-refractivity contribution in [3.8, 4) is 17.2 Å². The van der Waals surface area contributed by atoms with E-state index >= 15 is 0 Å². The minimum absolute atomic E-state index is 0.0294. The molecule has 0 aliphatic heterocycles. The predicted molar refractivity (Wildman–Crippen MR) is 152 cm³/mol. The molecule has 1 unspecified atom stereocenters. The summed E-state index contributed by atoms with van der Waals surface area (Å²) in [6, 6.07) is 12.0. The van der Waals surface area contributed by atoms with Gasteiger partial charge in [0.2, 0.25) is 0 Å². The molecule has 0 saturated carbocycles. The Labute approximate surface area is 241 Å². The Hall–Kier alpha value is -3.92. The lowest BCUT2D eigenvalue weighted by Crippen LogP contribution is -2.42. The van der Waals surface area contributed by atoms with Crippen molar-refractivity contribution in [1.29, 1.82) is 0 Å². The average Bonchev–Trinajstić information content (AvgIpc) is 2.93. The second kappa shape index (κ2) is 18.4. The number of aliphatic carboxylic acids is 1. The van der Waals surface area contributed by atoms with Crippen LogP contribution in [-0.2, 0) is 25.5 Å². The molecule has 0 aliphatic rings. The number of carbonyl (C=O) groups is 4. The molecule has 0 spiro atoms. The van der Waals surface area contributed by atoms with E-state index in [4.69, 9.17) is 18.9 Å². The van der Waals surface area contributed by atoms with Crippen LogP contribution in [0.5, 0.6) is 17.2 Å². The molecule has 0 amide bonds. The van der Waals surface area contributed by atoms with E-state index in [0.717, 1.165) is 25.7 Å². The van der Waals surface area contributed by atoms with Gasteiger partial charge in [0, 0.05) is 19.4 Å². The maximum Gasteiger partial charge on any atom is 0.514 e. The number of rotatable bonds is 18. The summed E-state index contributed by atoms with van der Waals surface area (Å²) in [5.74, 6) is -1.50. The molecule has 0 aliphatic carbocycles. The van der Waals surface area contributed by atoms with Gasteiger partial charge in [-0.05, 0) is 56.0 Å². The number of esters is 2.